The molecule has 3 unspecified atom stereocenters. The Morgan fingerprint density at radius 3 is 2.42 bits per heavy atom. The number of amides is 2. The summed E-state index contributed by atoms with van der Waals surface area (Å²) in [5, 5.41) is 9.73. The second-order valence-corrected chi connectivity index (χ2v) is 8.82. The van der Waals surface area contributed by atoms with E-state index in [1.54, 1.807) is 0 Å². The minimum Gasteiger partial charge on any atom is -0.355 e. The summed E-state index contributed by atoms with van der Waals surface area (Å²) in [5.41, 5.74) is 0.0186. The third kappa shape index (κ3) is 6.37. The zero-order valence-electron chi connectivity index (χ0n) is 18.4. The second kappa shape index (κ2) is 10.4. The summed E-state index contributed by atoms with van der Waals surface area (Å²) < 4.78 is 38.5. The van der Waals surface area contributed by atoms with Gasteiger partial charge in [-0.2, -0.15) is 13.2 Å². The Hall–Kier alpha value is -2.81. The second-order valence-electron chi connectivity index (χ2n) is 8.82. The third-order valence-corrected chi connectivity index (χ3v) is 6.38. The molecule has 1 aromatic carbocycles. The Bertz CT molecular complexity index is 907. The van der Waals surface area contributed by atoms with Crippen molar-refractivity contribution in [1.82, 2.24) is 15.6 Å². The molecule has 2 amide bonds. The van der Waals surface area contributed by atoms with Gasteiger partial charge in [0.05, 0.1) is 5.56 Å². The molecule has 6 nitrogen and oxygen atoms in total. The predicted molar refractivity (Wildman–Crippen MR) is 122 cm³/mol. The molecule has 2 aromatic rings. The third-order valence-electron chi connectivity index (χ3n) is 6.38. The fourth-order valence-electron chi connectivity index (χ4n) is 4.72. The molecule has 1 aliphatic carbocycles. The molecule has 2 fully saturated rings. The highest BCUT2D eigenvalue weighted by Gasteiger charge is 2.32. The quantitative estimate of drug-likeness (QED) is 0.599. The minimum atomic E-state index is -4.38. The number of benzene rings is 1. The van der Waals surface area contributed by atoms with Gasteiger partial charge in [-0.1, -0.05) is 31.0 Å². The van der Waals surface area contributed by atoms with Crippen LogP contribution in [0.15, 0.2) is 48.7 Å². The van der Waals surface area contributed by atoms with Crippen molar-refractivity contribution in [2.24, 2.45) is 0 Å². The van der Waals surface area contributed by atoms with Crippen LogP contribution in [0.25, 0.3) is 0 Å². The van der Waals surface area contributed by atoms with E-state index in [1.165, 1.54) is 6.07 Å². The average Bonchev–Trinajstić information content (AvgIpc) is 2.81. The first-order valence-electron chi connectivity index (χ1n) is 11.6. The summed E-state index contributed by atoms with van der Waals surface area (Å²) in [5.74, 6) is 0.565. The van der Waals surface area contributed by atoms with Crippen molar-refractivity contribution in [3.8, 4) is 0 Å². The van der Waals surface area contributed by atoms with Crippen LogP contribution in [0.1, 0.15) is 44.1 Å². The Morgan fingerprint density at radius 2 is 1.73 bits per heavy atom. The summed E-state index contributed by atoms with van der Waals surface area (Å²) in [6.07, 6.45) is 2.50. The molecule has 2 heterocycles. The smallest absolute Gasteiger partial charge is 0.355 e. The minimum absolute atomic E-state index is 0.0297. The maximum absolute atomic E-state index is 12.8. The molecule has 1 aliphatic heterocycles. The number of anilines is 2. The van der Waals surface area contributed by atoms with E-state index in [2.05, 4.69) is 20.9 Å². The lowest BCUT2D eigenvalue weighted by molar-refractivity contribution is -0.137. The van der Waals surface area contributed by atoms with Gasteiger partial charge in [-0.25, -0.2) is 9.78 Å². The molecule has 0 bridgehead atoms. The number of halogens is 3. The normalized spacial score (nSPS) is 23.7. The summed E-state index contributed by atoms with van der Waals surface area (Å²) >= 11 is 0. The van der Waals surface area contributed by atoms with E-state index in [0.29, 0.717) is 12.4 Å². The zero-order valence-corrected chi connectivity index (χ0v) is 18.4. The van der Waals surface area contributed by atoms with Gasteiger partial charge in [-0.05, 0) is 49.9 Å². The molecule has 33 heavy (non-hydrogen) atoms. The van der Waals surface area contributed by atoms with Crippen molar-refractivity contribution >= 4 is 17.5 Å². The van der Waals surface area contributed by atoms with Gasteiger partial charge < -0.3 is 20.9 Å². The van der Waals surface area contributed by atoms with Crippen LogP contribution in [0.4, 0.5) is 29.5 Å². The first-order chi connectivity index (χ1) is 15.9. The molecule has 1 saturated heterocycles. The van der Waals surface area contributed by atoms with E-state index < -0.39 is 11.7 Å². The summed E-state index contributed by atoms with van der Waals surface area (Å²) in [7, 11) is 0. The van der Waals surface area contributed by atoms with Crippen LogP contribution < -0.4 is 20.9 Å². The topological polar surface area (TPSA) is 69.3 Å². The van der Waals surface area contributed by atoms with Gasteiger partial charge in [0.1, 0.15) is 5.82 Å². The van der Waals surface area contributed by atoms with E-state index in [4.69, 9.17) is 0 Å². The number of alkyl halides is 3. The Kier molecular flexibility index (Phi) is 7.37. The van der Waals surface area contributed by atoms with Crippen LogP contribution in [0.2, 0.25) is 0 Å². The van der Waals surface area contributed by atoms with E-state index in [0.717, 1.165) is 63.0 Å². The highest BCUT2D eigenvalue weighted by molar-refractivity contribution is 5.89. The monoisotopic (exact) mass is 461 g/mol. The van der Waals surface area contributed by atoms with Gasteiger partial charge in [0.2, 0.25) is 0 Å². The van der Waals surface area contributed by atoms with Crippen LogP contribution in [-0.2, 0) is 6.18 Å². The van der Waals surface area contributed by atoms with Crippen molar-refractivity contribution in [3.05, 3.63) is 54.2 Å². The molecule has 0 spiro atoms. The van der Waals surface area contributed by atoms with Gasteiger partial charge in [0.25, 0.3) is 0 Å². The maximum Gasteiger partial charge on any atom is 0.417 e. The molecule has 1 aromatic heterocycles. The van der Waals surface area contributed by atoms with E-state index in [1.807, 2.05) is 35.2 Å². The van der Waals surface area contributed by atoms with Crippen molar-refractivity contribution < 1.29 is 18.0 Å². The molecule has 0 radical (unpaired) electrons. The fourth-order valence-corrected chi connectivity index (χ4v) is 4.72. The van der Waals surface area contributed by atoms with Gasteiger partial charge in [0, 0.05) is 43.1 Å². The number of hydrogen-bond acceptors (Lipinski definition) is 4. The molecule has 178 valence electrons. The number of pyridine rings is 1. The number of nitrogens with zero attached hydrogens (tertiary/aromatic N) is 2. The SMILES string of the molecule is O=C(Nc1ccccc1)NC1CCCCC1NC1CCCN(c2ccc(C(F)(F)F)cn2)C1. The molecule has 3 atom stereocenters. The van der Waals surface area contributed by atoms with Crippen LogP contribution >= 0.6 is 0 Å². The first kappa shape index (κ1) is 23.4. The maximum atomic E-state index is 12.8. The number of aromatic nitrogens is 1. The van der Waals surface area contributed by atoms with Crippen molar-refractivity contribution in [1.29, 1.82) is 0 Å². The lowest BCUT2D eigenvalue weighted by Gasteiger charge is -2.40. The highest BCUT2D eigenvalue weighted by atomic mass is 19.4. The molecule has 2 aliphatic rings. The van der Waals surface area contributed by atoms with Crippen molar-refractivity contribution in [2.75, 3.05) is 23.3 Å². The lowest BCUT2D eigenvalue weighted by Crippen LogP contribution is -2.57. The van der Waals surface area contributed by atoms with Gasteiger partial charge in [-0.15, -0.1) is 0 Å². The number of nitrogens with one attached hydrogen (secondary N) is 3. The van der Waals surface area contributed by atoms with Crippen LogP contribution in [0.3, 0.4) is 0 Å². The van der Waals surface area contributed by atoms with Crippen LogP contribution in [-0.4, -0.2) is 42.2 Å². The number of rotatable bonds is 5. The average molecular weight is 462 g/mol. The Balaban J connectivity index is 1.33. The number of urea groups is 1. The number of piperidine rings is 1. The molecule has 9 heteroatoms. The standard InChI is InChI=1S/C24H30F3N5O/c25-24(26,27)17-12-13-22(28-15-17)32-14-6-9-19(16-32)29-20-10-4-5-11-21(20)31-23(33)30-18-7-2-1-3-8-18/h1-3,7-8,12-13,15,19-21,29H,4-6,9-11,14,16H2,(H2,30,31,33). The van der Waals surface area contributed by atoms with Gasteiger partial charge in [-0.3, -0.25) is 0 Å². The van der Waals surface area contributed by atoms with Crippen molar-refractivity contribution in [2.45, 2.75) is 62.8 Å². The Labute approximate surface area is 192 Å². The molecule has 1 saturated carbocycles. The first-order valence-corrected chi connectivity index (χ1v) is 11.6. The molecular formula is C24H30F3N5O. The molecular weight excluding hydrogens is 431 g/mol. The van der Waals surface area contributed by atoms with Gasteiger partial charge >= 0.3 is 12.2 Å². The largest absolute Gasteiger partial charge is 0.417 e. The summed E-state index contributed by atoms with van der Waals surface area (Å²) in [6.45, 7) is 1.44. The van der Waals surface area contributed by atoms with Crippen LogP contribution in [0, 0.1) is 0 Å². The Morgan fingerprint density at radius 1 is 0.970 bits per heavy atom. The summed E-state index contributed by atoms with van der Waals surface area (Å²) in [4.78, 5) is 18.6. The number of carbonyl (C=O) groups excluding carboxylic acids is 1. The summed E-state index contributed by atoms with van der Waals surface area (Å²) in [6, 6.07) is 12.1. The number of hydrogen-bond donors (Lipinski definition) is 3. The van der Waals surface area contributed by atoms with Crippen LogP contribution in [0.5, 0.6) is 0 Å². The molecule has 4 rings (SSSR count). The predicted octanol–water partition coefficient (Wildman–Crippen LogP) is 4.79. The zero-order chi connectivity index (χ0) is 23.3. The lowest BCUT2D eigenvalue weighted by atomic mass is 9.89. The number of para-hydroxylation sites is 1. The number of carbonyl (C=O) groups is 1. The van der Waals surface area contributed by atoms with Gasteiger partial charge in [0.15, 0.2) is 0 Å². The highest BCUT2D eigenvalue weighted by Crippen LogP contribution is 2.30. The van der Waals surface area contributed by atoms with Crippen molar-refractivity contribution in [3.63, 3.8) is 0 Å². The fraction of sp³-hybridized carbons (Fsp3) is 0.500. The van der Waals surface area contributed by atoms with E-state index >= 15 is 0 Å². The van der Waals surface area contributed by atoms with E-state index in [9.17, 15) is 18.0 Å². The molecule has 3 N–H and O–H groups in total. The van der Waals surface area contributed by atoms with E-state index in [-0.39, 0.29) is 24.2 Å².